The van der Waals surface area contributed by atoms with Crippen molar-refractivity contribution >= 4 is 28.9 Å². The molecule has 2 aromatic rings. The number of nitro groups is 1. The monoisotopic (exact) mass is 438 g/mol. The highest BCUT2D eigenvalue weighted by molar-refractivity contribution is 5.97. The summed E-state index contributed by atoms with van der Waals surface area (Å²) in [5, 5.41) is 17.5. The molecule has 9 nitrogen and oxygen atoms in total. The molecule has 32 heavy (non-hydrogen) atoms. The molecule has 1 saturated carbocycles. The first kappa shape index (κ1) is 21.6. The number of nitrogens with one attached hydrogen (secondary N) is 2. The van der Waals surface area contributed by atoms with Crippen molar-refractivity contribution in [3.8, 4) is 5.75 Å². The minimum absolute atomic E-state index is 0.0891. The van der Waals surface area contributed by atoms with Crippen LogP contribution in [0, 0.1) is 16.0 Å². The number of ether oxygens (including phenoxy) is 1. The molecule has 1 heterocycles. The molecule has 1 aliphatic heterocycles. The highest BCUT2D eigenvalue weighted by atomic mass is 16.6. The second kappa shape index (κ2) is 9.25. The van der Waals surface area contributed by atoms with Crippen molar-refractivity contribution in [1.82, 2.24) is 4.90 Å². The average Bonchev–Trinajstić information content (AvgIpc) is 3.63. The van der Waals surface area contributed by atoms with Crippen LogP contribution in [0.15, 0.2) is 42.5 Å². The lowest BCUT2D eigenvalue weighted by molar-refractivity contribution is -0.384. The Morgan fingerprint density at radius 2 is 1.78 bits per heavy atom. The minimum Gasteiger partial charge on any atom is -0.495 e. The van der Waals surface area contributed by atoms with Gasteiger partial charge in [-0.25, -0.2) is 0 Å². The van der Waals surface area contributed by atoms with E-state index in [-0.39, 0.29) is 35.0 Å². The van der Waals surface area contributed by atoms with Gasteiger partial charge in [-0.15, -0.1) is 0 Å². The number of hydrogen-bond acceptors (Lipinski definition) is 6. The maximum atomic E-state index is 12.9. The molecule has 2 N–H and O–H groups in total. The van der Waals surface area contributed by atoms with Gasteiger partial charge in [0.2, 0.25) is 5.91 Å². The number of rotatable bonds is 7. The van der Waals surface area contributed by atoms with Crippen LogP contribution in [-0.2, 0) is 4.79 Å². The highest BCUT2D eigenvalue weighted by Gasteiger charge is 2.30. The first-order valence-electron chi connectivity index (χ1n) is 10.7. The SMILES string of the molecule is COc1ccccc1NC(=O)C1CCN(C(=O)c2ccc(NC3CC3)c([N+](=O)[O-])c2)CC1. The Labute approximate surface area is 185 Å². The van der Waals surface area contributed by atoms with E-state index in [0.717, 1.165) is 12.8 Å². The Morgan fingerprint density at radius 3 is 2.44 bits per heavy atom. The Kier molecular flexibility index (Phi) is 6.25. The van der Waals surface area contributed by atoms with E-state index in [2.05, 4.69) is 10.6 Å². The van der Waals surface area contributed by atoms with Gasteiger partial charge in [-0.3, -0.25) is 19.7 Å². The summed E-state index contributed by atoms with van der Waals surface area (Å²) >= 11 is 0. The van der Waals surface area contributed by atoms with Gasteiger partial charge in [0.05, 0.1) is 17.7 Å². The van der Waals surface area contributed by atoms with Crippen molar-refractivity contribution in [2.75, 3.05) is 30.8 Å². The molecule has 0 radical (unpaired) electrons. The predicted molar refractivity (Wildman–Crippen MR) is 120 cm³/mol. The molecule has 0 unspecified atom stereocenters. The van der Waals surface area contributed by atoms with Crippen LogP contribution >= 0.6 is 0 Å². The summed E-state index contributed by atoms with van der Waals surface area (Å²) < 4.78 is 5.27. The van der Waals surface area contributed by atoms with E-state index >= 15 is 0 Å². The lowest BCUT2D eigenvalue weighted by atomic mass is 9.95. The largest absolute Gasteiger partial charge is 0.495 e. The number of hydrogen-bond donors (Lipinski definition) is 2. The van der Waals surface area contributed by atoms with Gasteiger partial charge in [0.1, 0.15) is 11.4 Å². The molecule has 2 aliphatic rings. The van der Waals surface area contributed by atoms with Crippen molar-refractivity contribution in [3.63, 3.8) is 0 Å². The summed E-state index contributed by atoms with van der Waals surface area (Å²) in [5.74, 6) is 0.0143. The number of para-hydroxylation sites is 2. The fraction of sp³-hybridized carbons (Fsp3) is 0.391. The van der Waals surface area contributed by atoms with Crippen LogP contribution < -0.4 is 15.4 Å². The fourth-order valence-electron chi connectivity index (χ4n) is 3.90. The van der Waals surface area contributed by atoms with Crippen LogP contribution in [0.5, 0.6) is 5.75 Å². The zero-order valence-electron chi connectivity index (χ0n) is 17.9. The lowest BCUT2D eigenvalue weighted by Crippen LogP contribution is -2.41. The number of amides is 2. The van der Waals surface area contributed by atoms with Crippen LogP contribution in [-0.4, -0.2) is 47.9 Å². The second-order valence-corrected chi connectivity index (χ2v) is 8.16. The summed E-state index contributed by atoms with van der Waals surface area (Å²) in [6, 6.07) is 12.1. The second-order valence-electron chi connectivity index (χ2n) is 8.16. The van der Waals surface area contributed by atoms with Gasteiger partial charge in [0, 0.05) is 36.7 Å². The van der Waals surface area contributed by atoms with Gasteiger partial charge in [0.15, 0.2) is 0 Å². The van der Waals surface area contributed by atoms with E-state index in [1.54, 1.807) is 36.3 Å². The number of piperidine rings is 1. The summed E-state index contributed by atoms with van der Waals surface area (Å²) in [4.78, 5) is 38.3. The van der Waals surface area contributed by atoms with Gasteiger partial charge in [-0.1, -0.05) is 12.1 Å². The number of benzene rings is 2. The smallest absolute Gasteiger partial charge is 0.293 e. The number of anilines is 2. The molecular weight excluding hydrogens is 412 g/mol. The van der Waals surface area contributed by atoms with Gasteiger partial charge in [0.25, 0.3) is 11.6 Å². The Bertz CT molecular complexity index is 1030. The van der Waals surface area contributed by atoms with E-state index in [1.165, 1.54) is 6.07 Å². The number of carbonyl (C=O) groups excluding carboxylic acids is 2. The molecule has 0 bridgehead atoms. The zero-order chi connectivity index (χ0) is 22.7. The first-order valence-corrected chi connectivity index (χ1v) is 10.7. The van der Waals surface area contributed by atoms with E-state index < -0.39 is 4.92 Å². The molecule has 1 aliphatic carbocycles. The highest BCUT2D eigenvalue weighted by Crippen LogP contribution is 2.32. The Balaban J connectivity index is 1.37. The van der Waals surface area contributed by atoms with Gasteiger partial charge in [-0.2, -0.15) is 0 Å². The van der Waals surface area contributed by atoms with E-state index in [4.69, 9.17) is 4.74 Å². The molecule has 168 valence electrons. The van der Waals surface area contributed by atoms with Crippen molar-refractivity contribution in [2.24, 2.45) is 5.92 Å². The number of methoxy groups -OCH3 is 1. The molecule has 0 spiro atoms. The quantitative estimate of drug-likeness (QED) is 0.504. The number of nitro benzene ring substituents is 1. The van der Waals surface area contributed by atoms with Crippen molar-refractivity contribution in [1.29, 1.82) is 0 Å². The molecule has 2 amide bonds. The van der Waals surface area contributed by atoms with Gasteiger partial charge >= 0.3 is 0 Å². The predicted octanol–water partition coefficient (Wildman–Crippen LogP) is 3.67. The van der Waals surface area contributed by atoms with Crippen molar-refractivity contribution in [3.05, 3.63) is 58.1 Å². The number of likely N-dealkylation sites (tertiary alicyclic amines) is 1. The molecule has 1 saturated heterocycles. The Morgan fingerprint density at radius 1 is 1.06 bits per heavy atom. The summed E-state index contributed by atoms with van der Waals surface area (Å²) in [7, 11) is 1.55. The molecule has 0 atom stereocenters. The summed E-state index contributed by atoms with van der Waals surface area (Å²) in [5.41, 5.74) is 1.26. The summed E-state index contributed by atoms with van der Waals surface area (Å²) in [6.07, 6.45) is 3.04. The third-order valence-electron chi connectivity index (χ3n) is 5.90. The molecule has 9 heteroatoms. The Hall–Kier alpha value is -3.62. The van der Waals surface area contributed by atoms with Gasteiger partial charge in [-0.05, 0) is 49.9 Å². The maximum Gasteiger partial charge on any atom is 0.293 e. The van der Waals surface area contributed by atoms with E-state index in [9.17, 15) is 19.7 Å². The lowest BCUT2D eigenvalue weighted by Gasteiger charge is -2.31. The molecular formula is C23H26N4O5. The average molecular weight is 438 g/mol. The van der Waals surface area contributed by atoms with Crippen LogP contribution in [0.25, 0.3) is 0 Å². The van der Waals surface area contributed by atoms with Crippen LogP contribution in [0.4, 0.5) is 17.1 Å². The van der Waals surface area contributed by atoms with Crippen molar-refractivity contribution in [2.45, 2.75) is 31.7 Å². The van der Waals surface area contributed by atoms with E-state index in [0.29, 0.717) is 43.1 Å². The third-order valence-corrected chi connectivity index (χ3v) is 5.90. The normalized spacial score (nSPS) is 16.3. The molecule has 2 aromatic carbocycles. The minimum atomic E-state index is -0.462. The maximum absolute atomic E-state index is 12.9. The topological polar surface area (TPSA) is 114 Å². The van der Waals surface area contributed by atoms with Crippen LogP contribution in [0.1, 0.15) is 36.0 Å². The third kappa shape index (κ3) is 4.82. The first-order chi connectivity index (χ1) is 15.5. The number of nitrogens with zero attached hydrogens (tertiary/aromatic N) is 2. The summed E-state index contributed by atoms with van der Waals surface area (Å²) in [6.45, 7) is 0.831. The molecule has 4 rings (SSSR count). The molecule has 0 aromatic heterocycles. The van der Waals surface area contributed by atoms with E-state index in [1.807, 2.05) is 12.1 Å². The standard InChI is InChI=1S/C23H26N4O5/c1-32-21-5-3-2-4-19(21)25-22(28)15-10-12-26(13-11-15)23(29)16-6-9-18(24-17-7-8-17)20(14-16)27(30)31/h2-6,9,14-15,17,24H,7-8,10-13H2,1H3,(H,25,28). The van der Waals surface area contributed by atoms with Crippen LogP contribution in [0.3, 0.4) is 0 Å². The van der Waals surface area contributed by atoms with Crippen molar-refractivity contribution < 1.29 is 19.2 Å². The molecule has 2 fully saturated rings. The fourth-order valence-corrected chi connectivity index (χ4v) is 3.90. The van der Waals surface area contributed by atoms with Crippen LogP contribution in [0.2, 0.25) is 0 Å². The number of carbonyl (C=O) groups is 2. The van der Waals surface area contributed by atoms with Gasteiger partial charge < -0.3 is 20.3 Å². The zero-order valence-corrected chi connectivity index (χ0v) is 17.9.